The van der Waals surface area contributed by atoms with Gasteiger partial charge in [-0.2, -0.15) is 0 Å². The van der Waals surface area contributed by atoms with Crippen LogP contribution in [0.2, 0.25) is 10.0 Å². The van der Waals surface area contributed by atoms with Crippen LogP contribution in [0.3, 0.4) is 0 Å². The van der Waals surface area contributed by atoms with E-state index in [0.717, 1.165) is 0 Å². The van der Waals surface area contributed by atoms with Gasteiger partial charge in [-0.25, -0.2) is 9.59 Å². The van der Waals surface area contributed by atoms with E-state index in [4.69, 9.17) is 37.4 Å². The van der Waals surface area contributed by atoms with Crippen molar-refractivity contribution < 1.29 is 28.6 Å². The molecule has 0 spiro atoms. The molecule has 1 rings (SSSR count). The van der Waals surface area contributed by atoms with Crippen LogP contribution >= 0.6 is 23.2 Å². The lowest BCUT2D eigenvalue weighted by Gasteiger charge is -2.18. The average Bonchev–Trinajstić information content (AvgIpc) is 2.58. The maximum atomic E-state index is 12.1. The molecule has 0 saturated heterocycles. The number of nitrogens with one attached hydrogen (secondary N) is 1. The third kappa shape index (κ3) is 8.32. The van der Waals surface area contributed by atoms with Crippen LogP contribution in [0.15, 0.2) is 29.8 Å². The van der Waals surface area contributed by atoms with E-state index in [1.54, 1.807) is 26.0 Å². The molecular formula is C18H21Cl2NO6. The molecule has 0 saturated carbocycles. The molecule has 9 heteroatoms. The molecule has 0 radical (unpaired) electrons. The summed E-state index contributed by atoms with van der Waals surface area (Å²) in [5.74, 6) is -1.47. The molecule has 1 aromatic carbocycles. The number of amides is 1. The van der Waals surface area contributed by atoms with Crippen molar-refractivity contribution in [2.45, 2.75) is 26.9 Å². The lowest BCUT2D eigenvalue weighted by atomic mass is 10.1. The molecule has 1 amide bonds. The van der Waals surface area contributed by atoms with E-state index in [1.165, 1.54) is 19.1 Å². The van der Waals surface area contributed by atoms with Crippen LogP contribution in [0, 0.1) is 0 Å². The largest absolute Gasteiger partial charge is 0.480 e. The Morgan fingerprint density at radius 2 is 1.93 bits per heavy atom. The predicted molar refractivity (Wildman–Crippen MR) is 101 cm³/mol. The Balaban J connectivity index is 2.74. The molecule has 1 atom stereocenters. The van der Waals surface area contributed by atoms with Crippen LogP contribution in [0.5, 0.6) is 5.75 Å². The predicted octanol–water partition coefficient (Wildman–Crippen LogP) is 2.93. The van der Waals surface area contributed by atoms with Gasteiger partial charge in [-0.15, -0.1) is 0 Å². The summed E-state index contributed by atoms with van der Waals surface area (Å²) in [6.45, 7) is 4.45. The molecule has 7 nitrogen and oxygen atoms in total. The Bertz CT molecular complexity index is 720. The van der Waals surface area contributed by atoms with Crippen molar-refractivity contribution >= 4 is 41.0 Å². The molecule has 0 fully saturated rings. The van der Waals surface area contributed by atoms with Gasteiger partial charge < -0.3 is 19.5 Å². The molecule has 27 heavy (non-hydrogen) atoms. The minimum Gasteiger partial charge on any atom is -0.480 e. The Kier molecular flexibility index (Phi) is 9.67. The standard InChI is InChI=1S/C18H21Cl2NO6/c1-4-25-18(24)17(11(2)7-8-21-12(3)22)27-16(23)10-26-15-6-5-13(19)9-14(15)20/h5-7,9,17H,4,8,10H2,1-3H3,(H,21,22)/b11-7+. The number of carbonyl (C=O) groups excluding carboxylic acids is 3. The lowest BCUT2D eigenvalue weighted by Crippen LogP contribution is -2.33. The smallest absolute Gasteiger partial charge is 0.351 e. The number of halogens is 2. The maximum absolute atomic E-state index is 12.1. The Morgan fingerprint density at radius 1 is 1.22 bits per heavy atom. The minimum absolute atomic E-state index is 0.128. The number of rotatable bonds is 9. The average molecular weight is 418 g/mol. The van der Waals surface area contributed by atoms with Gasteiger partial charge in [0, 0.05) is 18.5 Å². The first-order chi connectivity index (χ1) is 12.7. The summed E-state index contributed by atoms with van der Waals surface area (Å²) >= 11 is 11.8. The van der Waals surface area contributed by atoms with Gasteiger partial charge in [0.2, 0.25) is 12.0 Å². The quantitative estimate of drug-likeness (QED) is 0.490. The first-order valence-corrected chi connectivity index (χ1v) is 8.85. The summed E-state index contributed by atoms with van der Waals surface area (Å²) in [5.41, 5.74) is 0.417. The van der Waals surface area contributed by atoms with Crippen LogP contribution in [0.4, 0.5) is 0 Å². The molecule has 1 N–H and O–H groups in total. The summed E-state index contributed by atoms with van der Waals surface area (Å²) in [7, 11) is 0. The maximum Gasteiger partial charge on any atom is 0.351 e. The molecule has 0 aliphatic rings. The molecule has 0 heterocycles. The zero-order valence-electron chi connectivity index (χ0n) is 15.2. The summed E-state index contributed by atoms with van der Waals surface area (Å²) < 4.78 is 15.4. The van der Waals surface area contributed by atoms with Crippen LogP contribution in [-0.4, -0.2) is 43.7 Å². The molecule has 0 aliphatic carbocycles. The number of esters is 2. The number of ether oxygens (including phenoxy) is 3. The molecule has 148 valence electrons. The zero-order valence-corrected chi connectivity index (χ0v) is 16.7. The fourth-order valence-electron chi connectivity index (χ4n) is 1.90. The zero-order chi connectivity index (χ0) is 20.4. The van der Waals surface area contributed by atoms with Gasteiger partial charge in [0.15, 0.2) is 6.61 Å². The van der Waals surface area contributed by atoms with Gasteiger partial charge in [0.05, 0.1) is 11.6 Å². The van der Waals surface area contributed by atoms with Crippen molar-refractivity contribution in [2.24, 2.45) is 0 Å². The van der Waals surface area contributed by atoms with E-state index in [0.29, 0.717) is 10.6 Å². The van der Waals surface area contributed by atoms with Gasteiger partial charge >= 0.3 is 11.9 Å². The summed E-state index contributed by atoms with van der Waals surface area (Å²) in [4.78, 5) is 35.1. The normalized spacial score (nSPS) is 12.1. The van der Waals surface area contributed by atoms with Gasteiger partial charge in [-0.3, -0.25) is 4.79 Å². The van der Waals surface area contributed by atoms with E-state index in [1.807, 2.05) is 0 Å². The number of carbonyl (C=O) groups is 3. The van der Waals surface area contributed by atoms with E-state index < -0.39 is 24.6 Å². The van der Waals surface area contributed by atoms with Crippen molar-refractivity contribution in [3.05, 3.63) is 39.9 Å². The van der Waals surface area contributed by atoms with E-state index in [9.17, 15) is 14.4 Å². The van der Waals surface area contributed by atoms with Gasteiger partial charge in [-0.1, -0.05) is 29.3 Å². The molecule has 1 aromatic rings. The molecule has 1 unspecified atom stereocenters. The highest BCUT2D eigenvalue weighted by Gasteiger charge is 2.26. The van der Waals surface area contributed by atoms with Crippen molar-refractivity contribution in [1.82, 2.24) is 5.32 Å². The fraction of sp³-hybridized carbons (Fsp3) is 0.389. The van der Waals surface area contributed by atoms with Gasteiger partial charge in [0.1, 0.15) is 5.75 Å². The second kappa shape index (κ2) is 11.5. The third-order valence-corrected chi connectivity index (χ3v) is 3.71. The van der Waals surface area contributed by atoms with Crippen molar-refractivity contribution in [3.8, 4) is 5.75 Å². The van der Waals surface area contributed by atoms with Crippen LogP contribution in [0.1, 0.15) is 20.8 Å². The van der Waals surface area contributed by atoms with Crippen molar-refractivity contribution in [1.29, 1.82) is 0 Å². The second-order valence-electron chi connectivity index (χ2n) is 5.37. The highest BCUT2D eigenvalue weighted by atomic mass is 35.5. The third-order valence-electron chi connectivity index (χ3n) is 3.18. The van der Waals surface area contributed by atoms with Gasteiger partial charge in [-0.05, 0) is 37.6 Å². The Hall–Kier alpha value is -2.25. The first-order valence-electron chi connectivity index (χ1n) is 8.09. The van der Waals surface area contributed by atoms with Crippen molar-refractivity contribution in [3.63, 3.8) is 0 Å². The lowest BCUT2D eigenvalue weighted by molar-refractivity contribution is -0.166. The van der Waals surface area contributed by atoms with Crippen molar-refractivity contribution in [2.75, 3.05) is 19.8 Å². The number of benzene rings is 1. The summed E-state index contributed by atoms with van der Waals surface area (Å²) in [6.07, 6.45) is 0.322. The molecule has 0 aromatic heterocycles. The highest BCUT2D eigenvalue weighted by molar-refractivity contribution is 6.35. The Morgan fingerprint density at radius 3 is 2.52 bits per heavy atom. The summed E-state index contributed by atoms with van der Waals surface area (Å²) in [5, 5.41) is 3.22. The van der Waals surface area contributed by atoms with E-state index in [2.05, 4.69) is 5.32 Å². The molecule has 0 bridgehead atoms. The first kappa shape index (κ1) is 22.8. The minimum atomic E-state index is -1.24. The monoisotopic (exact) mass is 417 g/mol. The van der Waals surface area contributed by atoms with Crippen LogP contribution in [-0.2, 0) is 23.9 Å². The van der Waals surface area contributed by atoms with Crippen LogP contribution in [0.25, 0.3) is 0 Å². The van der Waals surface area contributed by atoms with E-state index >= 15 is 0 Å². The van der Waals surface area contributed by atoms with Crippen LogP contribution < -0.4 is 10.1 Å². The van der Waals surface area contributed by atoms with Gasteiger partial charge in [0.25, 0.3) is 0 Å². The second-order valence-corrected chi connectivity index (χ2v) is 6.21. The fourth-order valence-corrected chi connectivity index (χ4v) is 2.37. The SMILES string of the molecule is CCOC(=O)C(OC(=O)COc1ccc(Cl)cc1Cl)/C(C)=C/CNC(C)=O. The highest BCUT2D eigenvalue weighted by Crippen LogP contribution is 2.27. The molecule has 0 aliphatic heterocycles. The Labute approximate surface area is 167 Å². The summed E-state index contributed by atoms with van der Waals surface area (Å²) in [6, 6.07) is 4.55. The molecular weight excluding hydrogens is 397 g/mol. The van der Waals surface area contributed by atoms with E-state index in [-0.39, 0.29) is 29.8 Å². The number of hydrogen-bond donors (Lipinski definition) is 1. The topological polar surface area (TPSA) is 90.9 Å². The number of hydrogen-bond acceptors (Lipinski definition) is 6.